The molecule has 6 rings (SSSR count). The Labute approximate surface area is 342 Å². The van der Waals surface area contributed by atoms with Crippen molar-refractivity contribution >= 4 is 45.9 Å². The number of imidazole rings is 2. The number of hydrogen-bond acceptors (Lipinski definition) is 12. The fourth-order valence-corrected chi connectivity index (χ4v) is 7.07. The van der Waals surface area contributed by atoms with E-state index in [0.717, 1.165) is 141 Å². The second kappa shape index (κ2) is 25.9. The number of fused-ring (bicyclic) bond motifs is 2. The number of para-hydroxylation sites is 4. The summed E-state index contributed by atoms with van der Waals surface area (Å²) < 4.78 is 26.6. The molecule has 0 aliphatic carbocycles. The molecule has 0 atom stereocenters. The molecule has 4 heterocycles. The van der Waals surface area contributed by atoms with E-state index in [2.05, 4.69) is 66.0 Å². The molecule has 2 aromatic heterocycles. The molecule has 0 amide bonds. The molecule has 2 aromatic carbocycles. The van der Waals surface area contributed by atoms with Crippen LogP contribution in [0.3, 0.4) is 0 Å². The van der Waals surface area contributed by atoms with Crippen molar-refractivity contribution in [3.63, 3.8) is 0 Å². The lowest BCUT2D eigenvalue weighted by Gasteiger charge is -2.32. The minimum atomic E-state index is -1.82. The molecule has 4 aromatic rings. The number of anilines is 2. The summed E-state index contributed by atoms with van der Waals surface area (Å²) in [6.07, 6.45) is 4.56. The normalized spacial score (nSPS) is 15.4. The van der Waals surface area contributed by atoms with Gasteiger partial charge in [0.15, 0.2) is 0 Å². The summed E-state index contributed by atoms with van der Waals surface area (Å²) in [5, 5.41) is 22.2. The number of nitrogens with zero attached hydrogens (tertiary/aromatic N) is 6. The SMILES string of the molecule is CCOCCN1CCC(Nc2nc3ccccc3n2CCOCC)CC1.CCOCCN1CCC(Nc2nc3ccccc3n2CCOCC)CC1.O=C(O)C(=O)O. The number of aliphatic carboxylic acids is 2. The number of carbonyl (C=O) groups is 2. The van der Waals surface area contributed by atoms with Gasteiger partial charge in [-0.25, -0.2) is 19.6 Å². The van der Waals surface area contributed by atoms with Gasteiger partial charge >= 0.3 is 11.9 Å². The number of likely N-dealkylation sites (tertiary alicyclic amines) is 2. The molecule has 0 radical (unpaired) electrons. The highest BCUT2D eigenvalue weighted by molar-refractivity contribution is 6.27. The van der Waals surface area contributed by atoms with Gasteiger partial charge in [0.1, 0.15) is 0 Å². The van der Waals surface area contributed by atoms with Crippen molar-refractivity contribution in [3.05, 3.63) is 48.5 Å². The number of carboxylic acids is 2. The van der Waals surface area contributed by atoms with Gasteiger partial charge in [0, 0.05) is 90.9 Å². The van der Waals surface area contributed by atoms with Crippen LogP contribution in [0.1, 0.15) is 53.4 Å². The third-order valence-corrected chi connectivity index (χ3v) is 10.2. The molecule has 16 heteroatoms. The average molecular weight is 811 g/mol. The van der Waals surface area contributed by atoms with Crippen molar-refractivity contribution in [1.82, 2.24) is 28.9 Å². The zero-order valence-electron chi connectivity index (χ0n) is 34.9. The van der Waals surface area contributed by atoms with Gasteiger partial charge in [-0.3, -0.25) is 0 Å². The van der Waals surface area contributed by atoms with Crippen LogP contribution in [0.25, 0.3) is 22.1 Å². The molecular formula is C42H66N8O8. The van der Waals surface area contributed by atoms with E-state index in [1.807, 2.05) is 39.8 Å². The number of hydrogen-bond donors (Lipinski definition) is 4. The van der Waals surface area contributed by atoms with E-state index < -0.39 is 11.9 Å². The van der Waals surface area contributed by atoms with Gasteiger partial charge in [-0.15, -0.1) is 0 Å². The lowest BCUT2D eigenvalue weighted by atomic mass is 10.1. The van der Waals surface area contributed by atoms with Gasteiger partial charge in [0.25, 0.3) is 0 Å². The molecule has 0 unspecified atom stereocenters. The maximum Gasteiger partial charge on any atom is 0.414 e. The van der Waals surface area contributed by atoms with Crippen LogP contribution in [0.4, 0.5) is 11.9 Å². The van der Waals surface area contributed by atoms with E-state index in [0.29, 0.717) is 25.3 Å². The summed E-state index contributed by atoms with van der Waals surface area (Å²) in [6, 6.07) is 17.6. The molecule has 0 saturated carbocycles. The summed E-state index contributed by atoms with van der Waals surface area (Å²) >= 11 is 0. The number of carboxylic acid groups (broad SMARTS) is 2. The summed E-state index contributed by atoms with van der Waals surface area (Å²) in [4.78, 5) is 32.8. The molecule has 2 aliphatic rings. The number of ether oxygens (including phenoxy) is 4. The highest BCUT2D eigenvalue weighted by Gasteiger charge is 2.23. The zero-order valence-corrected chi connectivity index (χ0v) is 34.9. The summed E-state index contributed by atoms with van der Waals surface area (Å²) in [5.41, 5.74) is 4.43. The Balaban J connectivity index is 0.000000225. The zero-order chi connectivity index (χ0) is 41.5. The molecule has 2 saturated heterocycles. The van der Waals surface area contributed by atoms with Crippen LogP contribution in [0, 0.1) is 0 Å². The molecule has 58 heavy (non-hydrogen) atoms. The number of benzene rings is 2. The van der Waals surface area contributed by atoms with Crippen molar-refractivity contribution in [3.8, 4) is 0 Å². The van der Waals surface area contributed by atoms with Crippen LogP contribution in [-0.2, 0) is 41.6 Å². The maximum absolute atomic E-state index is 9.10. The number of nitrogens with one attached hydrogen (secondary N) is 2. The van der Waals surface area contributed by atoms with Crippen molar-refractivity contribution in [2.24, 2.45) is 0 Å². The largest absolute Gasteiger partial charge is 0.473 e. The van der Waals surface area contributed by atoms with Crippen molar-refractivity contribution in [2.45, 2.75) is 78.6 Å². The first-order valence-corrected chi connectivity index (χ1v) is 20.9. The topological polar surface area (TPSA) is 178 Å². The lowest BCUT2D eigenvalue weighted by molar-refractivity contribution is -0.159. The van der Waals surface area contributed by atoms with Gasteiger partial charge in [-0.1, -0.05) is 24.3 Å². The number of rotatable bonds is 20. The van der Waals surface area contributed by atoms with E-state index in [1.54, 1.807) is 0 Å². The summed E-state index contributed by atoms with van der Waals surface area (Å²) in [7, 11) is 0. The first-order valence-electron chi connectivity index (χ1n) is 20.9. The van der Waals surface area contributed by atoms with Gasteiger partial charge in [-0.05, 0) is 77.6 Å². The predicted molar refractivity (Wildman–Crippen MR) is 227 cm³/mol. The minimum absolute atomic E-state index is 0.473. The smallest absolute Gasteiger partial charge is 0.414 e. The standard InChI is InChI=1S/2C20H32N4O2.C2H2O4/c2*1-3-25-15-13-23-11-9-17(10-12-23)21-20-22-18-7-5-6-8-19(18)24(20)14-16-26-4-2;3-1(4)2(5)6/h2*5-8,17H,3-4,9-16H2,1-2H3,(H,21,22);(H,3,4)(H,5,6). The Morgan fingerprint density at radius 2 is 0.897 bits per heavy atom. The quantitative estimate of drug-likeness (QED) is 0.0683. The van der Waals surface area contributed by atoms with Crippen molar-refractivity contribution in [1.29, 1.82) is 0 Å². The Bertz CT molecular complexity index is 1640. The third kappa shape index (κ3) is 15.1. The van der Waals surface area contributed by atoms with Gasteiger partial charge in [-0.2, -0.15) is 0 Å². The van der Waals surface area contributed by atoms with Crippen LogP contribution in [0.15, 0.2) is 48.5 Å². The summed E-state index contributed by atoms with van der Waals surface area (Å²) in [5.74, 6) is -1.71. The van der Waals surface area contributed by atoms with E-state index in [9.17, 15) is 0 Å². The van der Waals surface area contributed by atoms with Crippen LogP contribution in [-0.4, -0.2) is 155 Å². The molecular weight excluding hydrogens is 745 g/mol. The number of piperidine rings is 2. The monoisotopic (exact) mass is 811 g/mol. The van der Waals surface area contributed by atoms with Crippen LogP contribution < -0.4 is 10.6 Å². The Hall–Kier alpha value is -4.32. The van der Waals surface area contributed by atoms with Gasteiger partial charge in [0.2, 0.25) is 11.9 Å². The molecule has 0 bridgehead atoms. The molecule has 2 fully saturated rings. The highest BCUT2D eigenvalue weighted by atomic mass is 16.5. The average Bonchev–Trinajstić information content (AvgIpc) is 3.76. The predicted octanol–water partition coefficient (Wildman–Crippen LogP) is 5.13. The second-order valence-corrected chi connectivity index (χ2v) is 14.1. The van der Waals surface area contributed by atoms with E-state index in [1.165, 1.54) is 11.0 Å². The maximum atomic E-state index is 9.10. The third-order valence-electron chi connectivity index (χ3n) is 10.2. The van der Waals surface area contributed by atoms with Crippen molar-refractivity contribution in [2.75, 3.05) is 103 Å². The Kier molecular flexibility index (Phi) is 20.7. The molecule has 0 spiro atoms. The van der Waals surface area contributed by atoms with Crippen LogP contribution in [0.5, 0.6) is 0 Å². The molecule has 16 nitrogen and oxygen atoms in total. The van der Waals surface area contributed by atoms with Crippen LogP contribution >= 0.6 is 0 Å². The Morgan fingerprint density at radius 1 is 0.569 bits per heavy atom. The molecule has 322 valence electrons. The fraction of sp³-hybridized carbons (Fsp3) is 0.619. The van der Waals surface area contributed by atoms with Crippen LogP contribution in [0.2, 0.25) is 0 Å². The van der Waals surface area contributed by atoms with Gasteiger partial charge in [0.05, 0.1) is 48.5 Å². The van der Waals surface area contributed by atoms with Crippen molar-refractivity contribution < 1.29 is 38.7 Å². The summed E-state index contributed by atoms with van der Waals surface area (Å²) in [6.45, 7) is 22.5. The molecule has 4 N–H and O–H groups in total. The first-order chi connectivity index (χ1) is 28.3. The Morgan fingerprint density at radius 3 is 1.22 bits per heavy atom. The first kappa shape index (κ1) is 46.4. The lowest BCUT2D eigenvalue weighted by Crippen LogP contribution is -2.41. The van der Waals surface area contributed by atoms with E-state index in [4.69, 9.17) is 48.7 Å². The number of aromatic nitrogens is 4. The van der Waals surface area contributed by atoms with E-state index >= 15 is 0 Å². The van der Waals surface area contributed by atoms with Gasteiger partial charge < -0.3 is 58.7 Å². The fourth-order valence-electron chi connectivity index (χ4n) is 7.07. The molecule has 2 aliphatic heterocycles. The van der Waals surface area contributed by atoms with E-state index in [-0.39, 0.29) is 0 Å². The second-order valence-electron chi connectivity index (χ2n) is 14.1. The highest BCUT2D eigenvalue weighted by Crippen LogP contribution is 2.24. The minimum Gasteiger partial charge on any atom is -0.473 e.